The zero-order valence-electron chi connectivity index (χ0n) is 44.7. The number of rotatable bonds is 4. The lowest BCUT2D eigenvalue weighted by atomic mass is 9.33. The fourth-order valence-corrected chi connectivity index (χ4v) is 14.7. The van der Waals surface area contributed by atoms with Gasteiger partial charge in [-0.2, -0.15) is 0 Å². The van der Waals surface area contributed by atoms with Gasteiger partial charge in [0.25, 0.3) is 6.71 Å². The highest BCUT2D eigenvalue weighted by Crippen LogP contribution is 2.56. The van der Waals surface area contributed by atoms with Crippen LogP contribution in [0.25, 0.3) is 0 Å². The van der Waals surface area contributed by atoms with Gasteiger partial charge in [0.05, 0.1) is 0 Å². The predicted octanol–water partition coefficient (Wildman–Crippen LogP) is 15.7. The minimum Gasteiger partial charge on any atom is -0.311 e. The van der Waals surface area contributed by atoms with Crippen LogP contribution in [0.1, 0.15) is 193 Å². The van der Waals surface area contributed by atoms with Gasteiger partial charge in [0, 0.05) is 39.5 Å². The summed E-state index contributed by atoms with van der Waals surface area (Å²) in [5.74, 6) is 0. The lowest BCUT2D eigenvalue weighted by molar-refractivity contribution is 0.332. The minimum absolute atomic E-state index is 0.0284. The third-order valence-electron chi connectivity index (χ3n) is 18.3. The first-order valence-electron chi connectivity index (χ1n) is 26.0. The van der Waals surface area contributed by atoms with Gasteiger partial charge >= 0.3 is 0 Å². The summed E-state index contributed by atoms with van der Waals surface area (Å²) in [6.45, 7) is 41.7. The average Bonchev–Trinajstić information content (AvgIpc) is 3.57. The van der Waals surface area contributed by atoms with Crippen molar-refractivity contribution in [1.29, 1.82) is 0 Å². The van der Waals surface area contributed by atoms with Gasteiger partial charge in [0.2, 0.25) is 0 Å². The summed E-state index contributed by atoms with van der Waals surface area (Å²) in [7, 11) is 0. The molecule has 0 bridgehead atoms. The Kier molecular flexibility index (Phi) is 9.40. The van der Waals surface area contributed by atoms with Crippen LogP contribution < -0.4 is 26.2 Å². The molecule has 2 nitrogen and oxygen atoms in total. The molecule has 68 heavy (non-hydrogen) atoms. The van der Waals surface area contributed by atoms with Gasteiger partial charge in [0.1, 0.15) is 0 Å². The van der Waals surface area contributed by atoms with E-state index in [2.05, 4.69) is 237 Å². The van der Waals surface area contributed by atoms with Crippen molar-refractivity contribution in [2.24, 2.45) is 0 Å². The Hall–Kier alpha value is -5.02. The molecule has 0 saturated carbocycles. The largest absolute Gasteiger partial charge is 0.311 e. The second-order valence-corrected chi connectivity index (χ2v) is 27.6. The van der Waals surface area contributed by atoms with Crippen LogP contribution in [0.15, 0.2) is 109 Å². The first kappa shape index (κ1) is 45.4. The molecule has 0 unspecified atom stereocenters. The van der Waals surface area contributed by atoms with Crippen LogP contribution in [0.3, 0.4) is 0 Å². The highest BCUT2D eigenvalue weighted by molar-refractivity contribution is 7.00. The summed E-state index contributed by atoms with van der Waals surface area (Å²) in [5.41, 5.74) is 25.2. The van der Waals surface area contributed by atoms with Gasteiger partial charge in [-0.1, -0.05) is 178 Å². The van der Waals surface area contributed by atoms with Crippen LogP contribution in [-0.4, -0.2) is 6.71 Å². The van der Waals surface area contributed by atoms with Crippen molar-refractivity contribution in [3.63, 3.8) is 0 Å². The molecule has 6 aromatic rings. The molecule has 350 valence electrons. The monoisotopic (exact) mass is 897 g/mol. The number of hydrogen-bond acceptors (Lipinski definition) is 2. The first-order valence-corrected chi connectivity index (χ1v) is 26.0. The Bertz CT molecular complexity index is 3090. The van der Waals surface area contributed by atoms with Gasteiger partial charge < -0.3 is 9.80 Å². The summed E-state index contributed by atoms with van der Waals surface area (Å²) in [5, 5.41) is 0. The van der Waals surface area contributed by atoms with Crippen LogP contribution in [0, 0.1) is 0 Å². The van der Waals surface area contributed by atoms with Gasteiger partial charge in [-0.15, -0.1) is 0 Å². The molecule has 0 aromatic heterocycles. The highest BCUT2D eigenvalue weighted by atomic mass is 15.2. The summed E-state index contributed by atoms with van der Waals surface area (Å²) in [4.78, 5) is 5.41. The molecule has 2 aliphatic heterocycles. The van der Waals surface area contributed by atoms with Gasteiger partial charge in [-0.3, -0.25) is 0 Å². The Balaban J connectivity index is 1.27. The second kappa shape index (κ2) is 14.1. The van der Waals surface area contributed by atoms with Crippen molar-refractivity contribution < 1.29 is 0 Å². The van der Waals surface area contributed by atoms with E-state index in [1.54, 1.807) is 0 Å². The first-order chi connectivity index (χ1) is 31.5. The molecular weight excluding hydrogens is 820 g/mol. The Morgan fingerprint density at radius 2 is 0.838 bits per heavy atom. The van der Waals surface area contributed by atoms with Crippen molar-refractivity contribution in [2.75, 3.05) is 9.80 Å². The van der Waals surface area contributed by atoms with Gasteiger partial charge in [-0.05, 0) is 179 Å². The minimum atomic E-state index is -0.208. The van der Waals surface area contributed by atoms with E-state index < -0.39 is 0 Å². The van der Waals surface area contributed by atoms with Crippen LogP contribution >= 0.6 is 0 Å². The Labute approximate surface area is 411 Å². The maximum Gasteiger partial charge on any atom is 0.252 e. The van der Waals surface area contributed by atoms with Gasteiger partial charge in [0.15, 0.2) is 0 Å². The lowest BCUT2D eigenvalue weighted by Crippen LogP contribution is -2.62. The zero-order chi connectivity index (χ0) is 48.7. The normalized spacial score (nSPS) is 20.5. The van der Waals surface area contributed by atoms with Crippen LogP contribution in [0.4, 0.5) is 34.1 Å². The zero-order valence-corrected chi connectivity index (χ0v) is 44.7. The van der Waals surface area contributed by atoms with Gasteiger partial charge in [-0.25, -0.2) is 0 Å². The Morgan fingerprint density at radius 3 is 1.40 bits per heavy atom. The molecule has 3 aliphatic carbocycles. The second-order valence-electron chi connectivity index (χ2n) is 27.6. The number of fused-ring (bicyclic) bond motifs is 7. The van der Waals surface area contributed by atoms with E-state index in [4.69, 9.17) is 0 Å². The number of hydrogen-bond donors (Lipinski definition) is 0. The number of anilines is 6. The topological polar surface area (TPSA) is 6.48 Å². The molecule has 0 radical (unpaired) electrons. The molecule has 0 saturated heterocycles. The fourth-order valence-electron chi connectivity index (χ4n) is 14.7. The molecular formula is C65H77BN2. The molecule has 0 spiro atoms. The quantitative estimate of drug-likeness (QED) is 0.162. The van der Waals surface area contributed by atoms with Crippen LogP contribution in [0.5, 0.6) is 0 Å². The lowest BCUT2D eigenvalue weighted by Gasteiger charge is -2.47. The van der Waals surface area contributed by atoms with E-state index in [-0.39, 0.29) is 50.0 Å². The summed E-state index contributed by atoms with van der Waals surface area (Å²) < 4.78 is 0. The SMILES string of the molecule is CC(C)(C)c1cc2c3c(c1)N(c1ccc4c(c1)C(C)(C)CC4(C)C)c1cc4c(cc1B3c1cc(C(C)(C)c3ccccc3)ccc1N2c1ccc2c(c1)C(C)(C)CCC2(C)C)C(C)(C)CC4(C)C. The van der Waals surface area contributed by atoms with Crippen molar-refractivity contribution in [2.45, 2.75) is 187 Å². The molecule has 6 aromatic carbocycles. The third kappa shape index (κ3) is 6.55. The number of benzene rings is 6. The molecule has 3 heteroatoms. The smallest absolute Gasteiger partial charge is 0.252 e. The van der Waals surface area contributed by atoms with Crippen LogP contribution in [0.2, 0.25) is 0 Å². The van der Waals surface area contributed by atoms with Crippen molar-refractivity contribution in [1.82, 2.24) is 0 Å². The van der Waals surface area contributed by atoms with Crippen molar-refractivity contribution >= 4 is 57.2 Å². The van der Waals surface area contributed by atoms with E-state index in [1.807, 2.05) is 0 Å². The molecule has 0 fully saturated rings. The Morgan fingerprint density at radius 1 is 0.382 bits per heavy atom. The van der Waals surface area contributed by atoms with E-state index in [9.17, 15) is 0 Å². The standard InChI is InChI=1S/C65H77BN2/c1-58(2,3)42-32-55-57-56(33-42)68(44-25-27-46-48(35-44)62(10,11)38-61(46,8)9)54-37-50-49(63(12,13)39-64(50,14)15)36-52(54)66(57)51-31-41(65(16,17)40-21-19-18-20-22-40)23-28-53(51)67(55)43-24-26-45-47(34-43)60(6,7)30-29-59(45,4)5/h18-28,31-37H,29-30,38-39H2,1-17H3. The molecule has 2 heterocycles. The molecule has 11 rings (SSSR count). The van der Waals surface area contributed by atoms with Crippen LogP contribution in [-0.2, 0) is 43.3 Å². The molecule has 0 atom stereocenters. The van der Waals surface area contributed by atoms with Crippen molar-refractivity contribution in [3.8, 4) is 0 Å². The predicted molar refractivity (Wildman–Crippen MR) is 294 cm³/mol. The average molecular weight is 897 g/mol. The maximum atomic E-state index is 2.72. The van der Waals surface area contributed by atoms with E-state index >= 15 is 0 Å². The third-order valence-corrected chi connectivity index (χ3v) is 18.3. The molecule has 0 amide bonds. The molecule has 5 aliphatic rings. The molecule has 0 N–H and O–H groups in total. The summed E-state index contributed by atoms with van der Waals surface area (Å²) in [6, 6.07) is 44.3. The number of nitrogens with zero attached hydrogens (tertiary/aromatic N) is 2. The van der Waals surface area contributed by atoms with E-state index in [0.717, 1.165) is 12.8 Å². The van der Waals surface area contributed by atoms with E-state index in [0.29, 0.717) is 0 Å². The maximum absolute atomic E-state index is 2.72. The fraction of sp³-hybridized carbons (Fsp3) is 0.446. The van der Waals surface area contributed by atoms with E-state index in [1.165, 1.54) is 113 Å². The summed E-state index contributed by atoms with van der Waals surface area (Å²) in [6.07, 6.45) is 4.65. The van der Waals surface area contributed by atoms with Crippen molar-refractivity contribution in [3.05, 3.63) is 159 Å². The highest BCUT2D eigenvalue weighted by Gasteiger charge is 2.50. The summed E-state index contributed by atoms with van der Waals surface area (Å²) >= 11 is 0.